The molecule has 0 saturated carbocycles. The van der Waals surface area contributed by atoms with Crippen molar-refractivity contribution in [1.82, 2.24) is 10.4 Å². The van der Waals surface area contributed by atoms with Gasteiger partial charge in [0.2, 0.25) is 0 Å². The summed E-state index contributed by atoms with van der Waals surface area (Å²) in [5, 5.41) is 14.7. The molecule has 2 aromatic carbocycles. The van der Waals surface area contributed by atoms with Gasteiger partial charge in [0, 0.05) is 5.39 Å². The second kappa shape index (κ2) is 8.55. The molecule has 0 spiro atoms. The molecule has 2 N–H and O–H groups in total. The lowest BCUT2D eigenvalue weighted by Crippen LogP contribution is -2.18. The summed E-state index contributed by atoms with van der Waals surface area (Å²) in [6, 6.07) is 16.4. The number of carbonyl (C=O) groups is 1. The SMILES string of the molecule is Cc1cc(/C=N/NC(=O)c2cc(-c3ccc(Cl)s3)nc3ccccc23)cc(Br)c1O. The Bertz CT molecular complexity index is 1280. The van der Waals surface area contributed by atoms with Gasteiger partial charge in [0.15, 0.2) is 0 Å². The molecule has 150 valence electrons. The van der Waals surface area contributed by atoms with E-state index in [1.807, 2.05) is 30.3 Å². The van der Waals surface area contributed by atoms with E-state index in [0.717, 1.165) is 15.8 Å². The van der Waals surface area contributed by atoms with Crippen molar-refractivity contribution in [2.24, 2.45) is 5.10 Å². The summed E-state index contributed by atoms with van der Waals surface area (Å²) >= 11 is 10.8. The fourth-order valence-electron chi connectivity index (χ4n) is 3.00. The van der Waals surface area contributed by atoms with Crippen molar-refractivity contribution >= 4 is 61.9 Å². The quantitative estimate of drug-likeness (QED) is 0.260. The number of thiophene rings is 1. The fourth-order valence-corrected chi connectivity index (χ4v) is 4.59. The van der Waals surface area contributed by atoms with Gasteiger partial charge in [-0.05, 0) is 70.4 Å². The standard InChI is InChI=1S/C22H15BrClN3O2S/c1-12-8-13(9-16(23)21(12)28)11-25-27-22(29)15-10-18(19-6-7-20(24)30-19)26-17-5-3-2-4-14(15)17/h2-11,28H,1H3,(H,27,29)/b25-11+. The third-order valence-corrected chi connectivity index (χ3v) is 6.30. The largest absolute Gasteiger partial charge is 0.506 e. The first-order valence-electron chi connectivity index (χ1n) is 8.90. The van der Waals surface area contributed by atoms with Crippen molar-refractivity contribution < 1.29 is 9.90 Å². The van der Waals surface area contributed by atoms with Gasteiger partial charge in [0.25, 0.3) is 5.91 Å². The zero-order valence-electron chi connectivity index (χ0n) is 15.7. The van der Waals surface area contributed by atoms with Gasteiger partial charge in [-0.2, -0.15) is 5.10 Å². The van der Waals surface area contributed by atoms with E-state index < -0.39 is 0 Å². The Morgan fingerprint density at radius 3 is 2.77 bits per heavy atom. The highest BCUT2D eigenvalue weighted by molar-refractivity contribution is 9.10. The molecule has 0 aliphatic heterocycles. The van der Waals surface area contributed by atoms with Crippen molar-refractivity contribution in [3.05, 3.63) is 80.1 Å². The minimum Gasteiger partial charge on any atom is -0.506 e. The molecule has 5 nitrogen and oxygen atoms in total. The van der Waals surface area contributed by atoms with Crippen LogP contribution in [0.1, 0.15) is 21.5 Å². The number of hydrogen-bond donors (Lipinski definition) is 2. The number of phenolic OH excluding ortho intramolecular Hbond substituents is 1. The number of para-hydroxylation sites is 1. The minimum absolute atomic E-state index is 0.181. The summed E-state index contributed by atoms with van der Waals surface area (Å²) in [4.78, 5) is 18.4. The van der Waals surface area contributed by atoms with E-state index in [0.29, 0.717) is 31.1 Å². The average Bonchev–Trinajstić information content (AvgIpc) is 3.17. The van der Waals surface area contributed by atoms with Crippen LogP contribution in [0.25, 0.3) is 21.5 Å². The van der Waals surface area contributed by atoms with Crippen molar-refractivity contribution in [3.63, 3.8) is 0 Å². The van der Waals surface area contributed by atoms with Crippen molar-refractivity contribution in [2.45, 2.75) is 6.92 Å². The van der Waals surface area contributed by atoms with E-state index in [1.165, 1.54) is 17.6 Å². The Morgan fingerprint density at radius 1 is 1.23 bits per heavy atom. The summed E-state index contributed by atoms with van der Waals surface area (Å²) in [6.45, 7) is 1.79. The van der Waals surface area contributed by atoms with Gasteiger partial charge < -0.3 is 5.11 Å². The first-order valence-corrected chi connectivity index (χ1v) is 10.9. The molecule has 2 heterocycles. The van der Waals surface area contributed by atoms with Gasteiger partial charge in [0.05, 0.1) is 36.7 Å². The van der Waals surface area contributed by atoms with Crippen LogP contribution in [0.4, 0.5) is 0 Å². The Kier molecular flexibility index (Phi) is 5.85. The number of rotatable bonds is 4. The van der Waals surface area contributed by atoms with Crippen molar-refractivity contribution in [3.8, 4) is 16.3 Å². The molecular formula is C22H15BrClN3O2S. The number of aromatic hydroxyl groups is 1. The first kappa shape index (κ1) is 20.5. The number of fused-ring (bicyclic) bond motifs is 1. The van der Waals surface area contributed by atoms with Gasteiger partial charge in [-0.3, -0.25) is 4.79 Å². The number of halogens is 2. The number of nitrogens with one attached hydrogen (secondary N) is 1. The van der Waals surface area contributed by atoms with E-state index >= 15 is 0 Å². The van der Waals surface area contributed by atoms with Crippen LogP contribution in [-0.2, 0) is 0 Å². The summed E-state index contributed by atoms with van der Waals surface area (Å²) in [6.07, 6.45) is 1.53. The molecule has 0 bridgehead atoms. The maximum absolute atomic E-state index is 12.9. The van der Waals surface area contributed by atoms with E-state index in [9.17, 15) is 9.90 Å². The number of amides is 1. The number of phenols is 1. The number of carbonyl (C=O) groups excluding carboxylic acids is 1. The van der Waals surface area contributed by atoms with Crippen LogP contribution in [0.3, 0.4) is 0 Å². The van der Waals surface area contributed by atoms with Gasteiger partial charge in [-0.25, -0.2) is 10.4 Å². The first-order chi connectivity index (χ1) is 14.4. The Labute approximate surface area is 190 Å². The average molecular weight is 501 g/mol. The lowest BCUT2D eigenvalue weighted by atomic mass is 10.1. The van der Waals surface area contributed by atoms with Crippen LogP contribution in [0.15, 0.2) is 64.2 Å². The van der Waals surface area contributed by atoms with Gasteiger partial charge in [-0.15, -0.1) is 11.3 Å². The highest BCUT2D eigenvalue weighted by atomic mass is 79.9. The van der Waals surface area contributed by atoms with Gasteiger partial charge in [-0.1, -0.05) is 29.8 Å². The molecule has 0 aliphatic rings. The molecule has 0 unspecified atom stereocenters. The monoisotopic (exact) mass is 499 g/mol. The van der Waals surface area contributed by atoms with Crippen LogP contribution in [0.5, 0.6) is 5.75 Å². The molecule has 2 aromatic heterocycles. The number of hydrogen-bond acceptors (Lipinski definition) is 5. The van der Waals surface area contributed by atoms with E-state index in [4.69, 9.17) is 11.6 Å². The topological polar surface area (TPSA) is 74.6 Å². The number of nitrogens with zero attached hydrogens (tertiary/aromatic N) is 2. The fraction of sp³-hybridized carbons (Fsp3) is 0.0455. The summed E-state index contributed by atoms with van der Waals surface area (Å²) in [7, 11) is 0. The second-order valence-corrected chi connectivity index (χ2v) is 9.11. The predicted molar refractivity (Wildman–Crippen MR) is 126 cm³/mol. The molecule has 4 aromatic rings. The third kappa shape index (κ3) is 4.23. The normalized spacial score (nSPS) is 11.3. The van der Waals surface area contributed by atoms with E-state index in [-0.39, 0.29) is 11.7 Å². The number of aryl methyl sites for hydroxylation is 1. The van der Waals surface area contributed by atoms with Crippen LogP contribution < -0.4 is 5.43 Å². The van der Waals surface area contributed by atoms with Crippen LogP contribution in [0, 0.1) is 6.92 Å². The molecule has 0 fully saturated rings. The molecular weight excluding hydrogens is 486 g/mol. The van der Waals surface area contributed by atoms with E-state index in [1.54, 1.807) is 31.2 Å². The van der Waals surface area contributed by atoms with E-state index in [2.05, 4.69) is 31.4 Å². The second-order valence-electron chi connectivity index (χ2n) is 6.54. The number of hydrazone groups is 1. The molecule has 0 atom stereocenters. The number of benzene rings is 2. The molecule has 1 amide bonds. The smallest absolute Gasteiger partial charge is 0.272 e. The minimum atomic E-state index is -0.344. The highest BCUT2D eigenvalue weighted by Crippen LogP contribution is 2.32. The molecule has 8 heteroatoms. The lowest BCUT2D eigenvalue weighted by Gasteiger charge is -2.08. The van der Waals surface area contributed by atoms with Crippen LogP contribution in [0.2, 0.25) is 4.34 Å². The molecule has 30 heavy (non-hydrogen) atoms. The van der Waals surface area contributed by atoms with Gasteiger partial charge in [0.1, 0.15) is 5.75 Å². The van der Waals surface area contributed by atoms with Gasteiger partial charge >= 0.3 is 0 Å². The summed E-state index contributed by atoms with van der Waals surface area (Å²) in [5.41, 5.74) is 5.89. The zero-order valence-corrected chi connectivity index (χ0v) is 18.8. The lowest BCUT2D eigenvalue weighted by molar-refractivity contribution is 0.0956. The number of aromatic nitrogens is 1. The predicted octanol–water partition coefficient (Wildman–Crippen LogP) is 6.16. The van der Waals surface area contributed by atoms with Crippen LogP contribution >= 0.6 is 38.9 Å². The highest BCUT2D eigenvalue weighted by Gasteiger charge is 2.14. The molecule has 0 radical (unpaired) electrons. The summed E-state index contributed by atoms with van der Waals surface area (Å²) < 4.78 is 1.22. The Hall–Kier alpha value is -2.74. The third-order valence-electron chi connectivity index (χ3n) is 4.44. The molecule has 0 aliphatic carbocycles. The molecule has 0 saturated heterocycles. The van der Waals surface area contributed by atoms with Crippen LogP contribution in [-0.4, -0.2) is 22.2 Å². The van der Waals surface area contributed by atoms with Crippen molar-refractivity contribution in [2.75, 3.05) is 0 Å². The Morgan fingerprint density at radius 2 is 2.03 bits per heavy atom. The summed E-state index contributed by atoms with van der Waals surface area (Å²) in [5.74, 6) is -0.163. The number of pyridine rings is 1. The Balaban J connectivity index is 1.65. The maximum Gasteiger partial charge on any atom is 0.272 e. The molecule has 4 rings (SSSR count). The maximum atomic E-state index is 12.9. The van der Waals surface area contributed by atoms with Crippen molar-refractivity contribution in [1.29, 1.82) is 0 Å². The zero-order chi connectivity index (χ0) is 21.3.